The van der Waals surface area contributed by atoms with Gasteiger partial charge in [-0.15, -0.1) is 22.9 Å². The summed E-state index contributed by atoms with van der Waals surface area (Å²) in [6.45, 7) is 0. The fraction of sp³-hybridized carbons (Fsp3) is 0.412. The molecular weight excluding hydrogens is 343 g/mol. The first-order valence-electron chi connectivity index (χ1n) is 7.33. The predicted molar refractivity (Wildman–Crippen MR) is 94.3 cm³/mol. The highest BCUT2D eigenvalue weighted by Crippen LogP contribution is 2.37. The lowest BCUT2D eigenvalue weighted by molar-refractivity contribution is 0.712. The van der Waals surface area contributed by atoms with Gasteiger partial charge in [0.25, 0.3) is 0 Å². The van der Waals surface area contributed by atoms with Gasteiger partial charge in [-0.25, -0.2) is 0 Å². The molecule has 0 nitrogen and oxygen atoms in total. The predicted octanol–water partition coefficient (Wildman–Crippen LogP) is 6.85. The zero-order valence-corrected chi connectivity index (χ0v) is 14.8. The third kappa shape index (κ3) is 3.76. The van der Waals surface area contributed by atoms with E-state index in [0.29, 0.717) is 10.0 Å². The summed E-state index contributed by atoms with van der Waals surface area (Å²) in [6.07, 6.45) is 7.19. The van der Waals surface area contributed by atoms with Gasteiger partial charge in [-0.3, -0.25) is 0 Å². The summed E-state index contributed by atoms with van der Waals surface area (Å²) in [5.74, 6) is 0. The zero-order chi connectivity index (χ0) is 14.8. The van der Waals surface area contributed by atoms with Gasteiger partial charge in [0.2, 0.25) is 0 Å². The quantitative estimate of drug-likeness (QED) is 0.415. The number of hydrogen-bond acceptors (Lipinski definition) is 1. The first kappa shape index (κ1) is 15.7. The van der Waals surface area contributed by atoms with E-state index < -0.39 is 0 Å². The second kappa shape index (κ2) is 6.91. The van der Waals surface area contributed by atoms with Gasteiger partial charge >= 0.3 is 0 Å². The van der Waals surface area contributed by atoms with Gasteiger partial charge in [0.05, 0.1) is 15.4 Å². The van der Waals surface area contributed by atoms with Crippen molar-refractivity contribution >= 4 is 46.1 Å². The minimum atomic E-state index is 0.0131. The van der Waals surface area contributed by atoms with Crippen molar-refractivity contribution in [1.29, 1.82) is 0 Å². The van der Waals surface area contributed by atoms with Crippen LogP contribution in [-0.2, 0) is 19.3 Å². The van der Waals surface area contributed by atoms with Crippen molar-refractivity contribution in [3.8, 4) is 0 Å². The lowest BCUT2D eigenvalue weighted by atomic mass is 10.1. The van der Waals surface area contributed by atoms with Crippen molar-refractivity contribution < 1.29 is 0 Å². The SMILES string of the molecule is Clc1ccc(CC(Cl)c2cc3c(s2)CCCCC3)cc1Cl. The Morgan fingerprint density at radius 2 is 1.81 bits per heavy atom. The molecule has 112 valence electrons. The first-order valence-corrected chi connectivity index (χ1v) is 9.34. The minimum Gasteiger partial charge on any atom is -0.144 e. The van der Waals surface area contributed by atoms with Crippen LogP contribution in [0.5, 0.6) is 0 Å². The van der Waals surface area contributed by atoms with Crippen LogP contribution in [0, 0.1) is 0 Å². The molecule has 0 saturated heterocycles. The highest BCUT2D eigenvalue weighted by molar-refractivity contribution is 7.12. The van der Waals surface area contributed by atoms with Gasteiger partial charge in [-0.2, -0.15) is 0 Å². The van der Waals surface area contributed by atoms with E-state index in [1.165, 1.54) is 42.5 Å². The Morgan fingerprint density at radius 3 is 2.62 bits per heavy atom. The Balaban J connectivity index is 1.75. The molecule has 4 heteroatoms. The zero-order valence-electron chi connectivity index (χ0n) is 11.7. The Kier molecular flexibility index (Phi) is 5.16. The van der Waals surface area contributed by atoms with E-state index in [9.17, 15) is 0 Å². The van der Waals surface area contributed by atoms with Gasteiger partial charge in [-0.05, 0) is 61.4 Å². The maximum absolute atomic E-state index is 6.63. The van der Waals surface area contributed by atoms with E-state index in [1.807, 2.05) is 29.5 Å². The molecule has 1 aliphatic rings. The molecule has 0 spiro atoms. The molecule has 3 rings (SSSR count). The number of hydrogen-bond donors (Lipinski definition) is 0. The molecule has 0 amide bonds. The van der Waals surface area contributed by atoms with Crippen molar-refractivity contribution in [1.82, 2.24) is 0 Å². The molecule has 21 heavy (non-hydrogen) atoms. The van der Waals surface area contributed by atoms with E-state index in [-0.39, 0.29) is 5.38 Å². The number of rotatable bonds is 3. The summed E-state index contributed by atoms with van der Waals surface area (Å²) in [5.41, 5.74) is 2.65. The van der Waals surface area contributed by atoms with Gasteiger partial charge in [-0.1, -0.05) is 35.7 Å². The van der Waals surface area contributed by atoms with Crippen molar-refractivity contribution in [2.75, 3.05) is 0 Å². The van der Waals surface area contributed by atoms with E-state index >= 15 is 0 Å². The lowest BCUT2D eigenvalue weighted by Crippen LogP contribution is -1.93. The summed E-state index contributed by atoms with van der Waals surface area (Å²) >= 11 is 20.5. The van der Waals surface area contributed by atoms with Crippen LogP contribution >= 0.6 is 46.1 Å². The number of alkyl halides is 1. The lowest BCUT2D eigenvalue weighted by Gasteiger charge is -2.08. The summed E-state index contributed by atoms with van der Waals surface area (Å²) in [4.78, 5) is 2.83. The number of thiophene rings is 1. The molecule has 0 aliphatic heterocycles. The van der Waals surface area contributed by atoms with Gasteiger partial charge < -0.3 is 0 Å². The van der Waals surface area contributed by atoms with Crippen molar-refractivity contribution in [3.63, 3.8) is 0 Å². The molecule has 1 aliphatic carbocycles. The molecule has 0 radical (unpaired) electrons. The summed E-state index contributed by atoms with van der Waals surface area (Å²) in [7, 11) is 0. The van der Waals surface area contributed by atoms with Crippen LogP contribution in [0.2, 0.25) is 10.0 Å². The molecule has 0 bridgehead atoms. The molecule has 0 N–H and O–H groups in total. The van der Waals surface area contributed by atoms with Crippen LogP contribution in [0.1, 0.15) is 45.5 Å². The molecule has 2 aromatic rings. The standard InChI is InChI=1S/C17H17Cl3S/c18-13-7-6-11(8-14(13)19)9-15(20)17-10-12-4-2-1-3-5-16(12)21-17/h6-8,10,15H,1-5,9H2. The fourth-order valence-electron chi connectivity index (χ4n) is 2.82. The maximum atomic E-state index is 6.63. The summed E-state index contributed by atoms with van der Waals surface area (Å²) in [5, 5.41) is 1.20. The number of fused-ring (bicyclic) bond motifs is 1. The van der Waals surface area contributed by atoms with E-state index in [2.05, 4.69) is 6.07 Å². The number of aryl methyl sites for hydroxylation is 2. The molecule has 1 atom stereocenters. The van der Waals surface area contributed by atoms with Crippen molar-refractivity contribution in [2.45, 2.75) is 43.9 Å². The third-order valence-electron chi connectivity index (χ3n) is 3.97. The second-order valence-electron chi connectivity index (χ2n) is 5.58. The van der Waals surface area contributed by atoms with E-state index in [0.717, 1.165) is 12.0 Å². The Labute approximate surface area is 145 Å². The van der Waals surface area contributed by atoms with Crippen LogP contribution < -0.4 is 0 Å². The first-order chi connectivity index (χ1) is 10.1. The summed E-state index contributed by atoms with van der Waals surface area (Å²) < 4.78 is 0. The number of benzene rings is 1. The maximum Gasteiger partial charge on any atom is 0.0719 e. The molecule has 0 fully saturated rings. The summed E-state index contributed by atoms with van der Waals surface area (Å²) in [6, 6.07) is 8.08. The normalized spacial score (nSPS) is 16.3. The second-order valence-corrected chi connectivity index (χ2v) is 8.09. The smallest absolute Gasteiger partial charge is 0.0719 e. The Bertz CT molecular complexity index is 609. The highest BCUT2D eigenvalue weighted by Gasteiger charge is 2.17. The third-order valence-corrected chi connectivity index (χ3v) is 6.58. The minimum absolute atomic E-state index is 0.0131. The highest BCUT2D eigenvalue weighted by atomic mass is 35.5. The van der Waals surface area contributed by atoms with Crippen LogP contribution in [0.15, 0.2) is 24.3 Å². The van der Waals surface area contributed by atoms with Crippen LogP contribution in [0.4, 0.5) is 0 Å². The topological polar surface area (TPSA) is 0 Å². The van der Waals surface area contributed by atoms with E-state index in [4.69, 9.17) is 34.8 Å². The molecule has 1 unspecified atom stereocenters. The molecule has 1 aromatic heterocycles. The Morgan fingerprint density at radius 1 is 1.00 bits per heavy atom. The molecule has 1 heterocycles. The number of halogens is 3. The van der Waals surface area contributed by atoms with Gasteiger partial charge in [0, 0.05) is 9.75 Å². The molecular formula is C17H17Cl3S. The molecule has 1 aromatic carbocycles. The average molecular weight is 360 g/mol. The monoisotopic (exact) mass is 358 g/mol. The van der Waals surface area contributed by atoms with Crippen molar-refractivity contribution in [2.24, 2.45) is 0 Å². The largest absolute Gasteiger partial charge is 0.144 e. The van der Waals surface area contributed by atoms with Gasteiger partial charge in [0.15, 0.2) is 0 Å². The van der Waals surface area contributed by atoms with Crippen LogP contribution in [-0.4, -0.2) is 0 Å². The van der Waals surface area contributed by atoms with Crippen LogP contribution in [0.3, 0.4) is 0 Å². The Hall–Kier alpha value is -0.210. The van der Waals surface area contributed by atoms with Crippen molar-refractivity contribution in [3.05, 3.63) is 55.2 Å². The fourth-order valence-corrected chi connectivity index (χ4v) is 4.75. The molecule has 0 saturated carbocycles. The average Bonchev–Trinajstić information content (AvgIpc) is 2.74. The van der Waals surface area contributed by atoms with E-state index in [1.54, 1.807) is 4.88 Å². The van der Waals surface area contributed by atoms with Gasteiger partial charge in [0.1, 0.15) is 0 Å². The van der Waals surface area contributed by atoms with Crippen LogP contribution in [0.25, 0.3) is 0 Å².